The topological polar surface area (TPSA) is 26.0 Å². The molecule has 0 heterocycles. The number of hydrogen-bond donors (Lipinski definition) is 1. The van der Waals surface area contributed by atoms with Crippen molar-refractivity contribution in [1.82, 2.24) is 0 Å². The maximum atomic E-state index is 6.34. The van der Waals surface area contributed by atoms with Gasteiger partial charge in [0.25, 0.3) is 0 Å². The smallest absolute Gasteiger partial charge is 0.0384 e. The molecule has 0 aromatic heterocycles. The minimum atomic E-state index is 0.417. The maximum Gasteiger partial charge on any atom is 0.0384 e. The molecule has 1 aromatic carbocycles. The van der Waals surface area contributed by atoms with E-state index in [1.54, 1.807) is 0 Å². The average molecular weight is 269 g/mol. The molecule has 0 aliphatic carbocycles. The van der Waals surface area contributed by atoms with Crippen LogP contribution in [0.2, 0.25) is 0 Å². The molecule has 1 aromatic rings. The summed E-state index contributed by atoms with van der Waals surface area (Å²) in [6.45, 7) is 14.7. The van der Waals surface area contributed by atoms with Crippen LogP contribution in [0.1, 0.15) is 63.1 Å². The van der Waals surface area contributed by atoms with Crippen LogP contribution in [0.4, 0.5) is 5.69 Å². The van der Waals surface area contributed by atoms with Crippen LogP contribution < -0.4 is 5.73 Å². The summed E-state index contributed by atoms with van der Waals surface area (Å²) in [5, 5.41) is 0. The Hall–Kier alpha value is -1.76. The van der Waals surface area contributed by atoms with Gasteiger partial charge in [0.05, 0.1) is 0 Å². The highest BCUT2D eigenvalue weighted by Gasteiger charge is 2.14. The zero-order valence-corrected chi connectivity index (χ0v) is 13.4. The quantitative estimate of drug-likeness (QED) is 0.541. The molecule has 0 fully saturated rings. The van der Waals surface area contributed by atoms with E-state index in [4.69, 9.17) is 5.73 Å². The fraction of sp³-hybridized carbons (Fsp3) is 0.368. The molecular formula is C19H27N. The summed E-state index contributed by atoms with van der Waals surface area (Å²) in [5.74, 6) is 0.834. The number of nitrogens with two attached hydrogens (primary N) is 1. The normalized spacial score (nSPS) is 12.7. The molecule has 1 rings (SSSR count). The molecule has 0 unspecified atom stereocenters. The molecule has 0 saturated heterocycles. The summed E-state index contributed by atoms with van der Waals surface area (Å²) in [6, 6.07) is 4.39. The Bertz CT molecular complexity index is 502. The molecule has 0 aliphatic rings. The number of nitrogen functional groups attached to an aromatic ring is 1. The Morgan fingerprint density at radius 3 is 1.95 bits per heavy atom. The lowest BCUT2D eigenvalue weighted by atomic mass is 9.88. The van der Waals surface area contributed by atoms with Gasteiger partial charge >= 0.3 is 0 Å². The molecule has 0 bridgehead atoms. The van der Waals surface area contributed by atoms with Gasteiger partial charge in [-0.2, -0.15) is 0 Å². The first-order chi connectivity index (χ1) is 9.42. The van der Waals surface area contributed by atoms with Crippen LogP contribution in [0.5, 0.6) is 0 Å². The minimum Gasteiger partial charge on any atom is -0.398 e. The van der Waals surface area contributed by atoms with Crippen molar-refractivity contribution in [2.75, 3.05) is 5.73 Å². The fourth-order valence-electron chi connectivity index (χ4n) is 2.30. The second-order valence-corrected chi connectivity index (χ2v) is 5.73. The first-order valence-corrected chi connectivity index (χ1v) is 7.31. The molecule has 0 spiro atoms. The van der Waals surface area contributed by atoms with Gasteiger partial charge in [-0.15, -0.1) is 0 Å². The van der Waals surface area contributed by atoms with Crippen molar-refractivity contribution >= 4 is 11.3 Å². The SMILES string of the molecule is C=C/C(=C\C=C/C)c1cc(C(C)C)c(N)c(C(C)C)c1. The van der Waals surface area contributed by atoms with Crippen LogP contribution in [0, 0.1) is 0 Å². The number of allylic oxidation sites excluding steroid dienone is 5. The number of rotatable bonds is 5. The highest BCUT2D eigenvalue weighted by molar-refractivity contribution is 5.77. The van der Waals surface area contributed by atoms with Gasteiger partial charge in [-0.05, 0) is 53.2 Å². The van der Waals surface area contributed by atoms with Crippen LogP contribution in [0.3, 0.4) is 0 Å². The summed E-state index contributed by atoms with van der Waals surface area (Å²) >= 11 is 0. The van der Waals surface area contributed by atoms with E-state index < -0.39 is 0 Å². The Kier molecular flexibility index (Phi) is 5.82. The molecule has 0 atom stereocenters. The van der Waals surface area contributed by atoms with Crippen molar-refractivity contribution in [1.29, 1.82) is 0 Å². The van der Waals surface area contributed by atoms with E-state index in [0.29, 0.717) is 11.8 Å². The predicted octanol–water partition coefficient (Wildman–Crippen LogP) is 5.66. The highest BCUT2D eigenvalue weighted by atomic mass is 14.6. The molecule has 0 amide bonds. The van der Waals surface area contributed by atoms with Crippen LogP contribution in [0.25, 0.3) is 5.57 Å². The van der Waals surface area contributed by atoms with Crippen molar-refractivity contribution in [3.8, 4) is 0 Å². The highest BCUT2D eigenvalue weighted by Crippen LogP contribution is 2.33. The van der Waals surface area contributed by atoms with Crippen molar-refractivity contribution in [3.63, 3.8) is 0 Å². The van der Waals surface area contributed by atoms with E-state index in [1.165, 1.54) is 16.7 Å². The van der Waals surface area contributed by atoms with Crippen molar-refractivity contribution in [2.24, 2.45) is 0 Å². The Morgan fingerprint density at radius 1 is 1.10 bits per heavy atom. The van der Waals surface area contributed by atoms with Gasteiger partial charge in [-0.25, -0.2) is 0 Å². The molecular weight excluding hydrogens is 242 g/mol. The lowest BCUT2D eigenvalue weighted by Crippen LogP contribution is -2.04. The molecule has 20 heavy (non-hydrogen) atoms. The van der Waals surface area contributed by atoms with Gasteiger partial charge in [-0.1, -0.05) is 58.6 Å². The number of anilines is 1. The van der Waals surface area contributed by atoms with E-state index >= 15 is 0 Å². The van der Waals surface area contributed by atoms with E-state index in [2.05, 4.69) is 52.5 Å². The second kappa shape index (κ2) is 7.14. The standard InChI is InChI=1S/C19H27N/c1-7-9-10-15(8-2)16-11-17(13(3)4)19(20)18(12-16)14(5)6/h7-14H,2,20H2,1,3-6H3/b9-7-,15-10+. The zero-order valence-electron chi connectivity index (χ0n) is 13.4. The monoisotopic (exact) mass is 269 g/mol. The summed E-state index contributed by atoms with van der Waals surface area (Å²) in [6.07, 6.45) is 8.05. The first kappa shape index (κ1) is 16.3. The second-order valence-electron chi connectivity index (χ2n) is 5.73. The molecule has 0 aliphatic heterocycles. The van der Waals surface area contributed by atoms with Crippen LogP contribution in [-0.4, -0.2) is 0 Å². The van der Waals surface area contributed by atoms with Gasteiger partial charge in [0.15, 0.2) is 0 Å². The maximum absolute atomic E-state index is 6.34. The largest absolute Gasteiger partial charge is 0.398 e. The van der Waals surface area contributed by atoms with Crippen molar-refractivity contribution in [3.05, 3.63) is 59.7 Å². The van der Waals surface area contributed by atoms with E-state index in [1.807, 2.05) is 25.2 Å². The van der Waals surface area contributed by atoms with Crippen molar-refractivity contribution in [2.45, 2.75) is 46.5 Å². The van der Waals surface area contributed by atoms with Gasteiger partial charge < -0.3 is 5.73 Å². The van der Waals surface area contributed by atoms with E-state index in [9.17, 15) is 0 Å². The number of benzene rings is 1. The number of hydrogen-bond acceptors (Lipinski definition) is 1. The van der Waals surface area contributed by atoms with Crippen LogP contribution >= 0.6 is 0 Å². The minimum absolute atomic E-state index is 0.417. The molecule has 1 heteroatoms. The summed E-state index contributed by atoms with van der Waals surface area (Å²) < 4.78 is 0. The lowest BCUT2D eigenvalue weighted by molar-refractivity contribution is 0.839. The van der Waals surface area contributed by atoms with Crippen LogP contribution in [0.15, 0.2) is 43.0 Å². The van der Waals surface area contributed by atoms with Crippen molar-refractivity contribution < 1.29 is 0 Å². The Labute approximate surface area is 123 Å². The van der Waals surface area contributed by atoms with Gasteiger partial charge in [0.2, 0.25) is 0 Å². The van der Waals surface area contributed by atoms with Crippen LogP contribution in [-0.2, 0) is 0 Å². The summed E-state index contributed by atoms with van der Waals surface area (Å²) in [7, 11) is 0. The molecule has 2 N–H and O–H groups in total. The predicted molar refractivity (Wildman–Crippen MR) is 92.0 cm³/mol. The Morgan fingerprint density at radius 2 is 1.60 bits per heavy atom. The summed E-state index contributed by atoms with van der Waals surface area (Å²) in [5.41, 5.74) is 12.0. The van der Waals surface area contributed by atoms with E-state index in [0.717, 1.165) is 11.3 Å². The van der Waals surface area contributed by atoms with E-state index in [-0.39, 0.29) is 0 Å². The first-order valence-electron chi connectivity index (χ1n) is 7.31. The lowest BCUT2D eigenvalue weighted by Gasteiger charge is -2.19. The third kappa shape index (κ3) is 3.63. The molecule has 0 saturated carbocycles. The fourth-order valence-corrected chi connectivity index (χ4v) is 2.30. The average Bonchev–Trinajstić information content (AvgIpc) is 2.40. The molecule has 0 radical (unpaired) electrons. The molecule has 108 valence electrons. The third-order valence-corrected chi connectivity index (χ3v) is 3.51. The van der Waals surface area contributed by atoms with Gasteiger partial charge in [0.1, 0.15) is 0 Å². The summed E-state index contributed by atoms with van der Waals surface area (Å²) in [4.78, 5) is 0. The Balaban J connectivity index is 3.51. The third-order valence-electron chi connectivity index (χ3n) is 3.51. The van der Waals surface area contributed by atoms with Gasteiger partial charge in [-0.3, -0.25) is 0 Å². The van der Waals surface area contributed by atoms with Gasteiger partial charge in [0, 0.05) is 5.69 Å². The zero-order chi connectivity index (χ0) is 15.3. The molecule has 1 nitrogen and oxygen atoms in total.